The van der Waals surface area contributed by atoms with E-state index in [0.29, 0.717) is 17.9 Å². The molecule has 6 nitrogen and oxygen atoms in total. The molecule has 2 amide bonds. The molecule has 7 heteroatoms. The van der Waals surface area contributed by atoms with Crippen LogP contribution < -0.4 is 15.5 Å². The topological polar surface area (TPSA) is 79.8 Å². The fourth-order valence-corrected chi connectivity index (χ4v) is 3.18. The number of ether oxygens (including phenoxy) is 1. The molecule has 0 atom stereocenters. The lowest BCUT2D eigenvalue weighted by molar-refractivity contribution is -0.120. The molecule has 0 unspecified atom stereocenters. The first-order valence-corrected chi connectivity index (χ1v) is 10.3. The Kier molecular flexibility index (Phi) is 7.96. The van der Waals surface area contributed by atoms with E-state index in [4.69, 9.17) is 4.74 Å². The smallest absolute Gasteiger partial charge is 0.259 e. The summed E-state index contributed by atoms with van der Waals surface area (Å²) in [5.41, 5.74) is 4.79. The van der Waals surface area contributed by atoms with E-state index >= 15 is 0 Å². The van der Waals surface area contributed by atoms with Crippen molar-refractivity contribution in [2.24, 2.45) is 5.10 Å². The predicted octanol–water partition coefficient (Wildman–Crippen LogP) is 3.75. The van der Waals surface area contributed by atoms with Crippen molar-refractivity contribution in [1.29, 1.82) is 0 Å². The minimum atomic E-state index is -0.415. The molecule has 0 spiro atoms. The number of carbonyl (C=O) groups is 2. The van der Waals surface area contributed by atoms with E-state index < -0.39 is 5.91 Å². The molecule has 0 aromatic heterocycles. The zero-order chi connectivity index (χ0) is 21.2. The quantitative estimate of drug-likeness (QED) is 0.274. The summed E-state index contributed by atoms with van der Waals surface area (Å²) in [6.07, 6.45) is 1.52. The van der Waals surface area contributed by atoms with Gasteiger partial charge in [-0.05, 0) is 58.0 Å². The van der Waals surface area contributed by atoms with Crippen LogP contribution in [0.25, 0.3) is 0 Å². The van der Waals surface area contributed by atoms with Gasteiger partial charge in [0.05, 0.1) is 18.3 Å². The van der Waals surface area contributed by atoms with Crippen LogP contribution in [0.1, 0.15) is 21.5 Å². The van der Waals surface area contributed by atoms with Gasteiger partial charge < -0.3 is 10.1 Å². The molecule has 0 aliphatic rings. The number of nitrogens with zero attached hydrogens (tertiary/aromatic N) is 1. The number of amides is 2. The number of nitrogens with one attached hydrogen (secondary N) is 2. The summed E-state index contributed by atoms with van der Waals surface area (Å²) in [7, 11) is 0. The Morgan fingerprint density at radius 2 is 1.73 bits per heavy atom. The Bertz CT molecular complexity index is 1040. The van der Waals surface area contributed by atoms with Gasteiger partial charge in [0.1, 0.15) is 12.4 Å². The second-order valence-corrected chi connectivity index (χ2v) is 7.46. The third-order valence-corrected chi connectivity index (χ3v) is 4.98. The normalized spacial score (nSPS) is 10.6. The maximum absolute atomic E-state index is 12.1. The van der Waals surface area contributed by atoms with Crippen molar-refractivity contribution in [3.05, 3.63) is 99.1 Å². The first-order chi connectivity index (χ1) is 14.6. The molecule has 3 aromatic rings. The Labute approximate surface area is 188 Å². The Hall–Kier alpha value is -3.20. The Balaban J connectivity index is 1.46. The van der Waals surface area contributed by atoms with Crippen LogP contribution in [-0.2, 0) is 11.4 Å². The van der Waals surface area contributed by atoms with Gasteiger partial charge >= 0.3 is 0 Å². The van der Waals surface area contributed by atoms with Crippen LogP contribution in [0, 0.1) is 3.57 Å². The highest BCUT2D eigenvalue weighted by Crippen LogP contribution is 2.14. The SMILES string of the molecule is O=C(CNC(=O)c1ccccc1I)N/N=C/c1cccc(OCc2ccccc2)c1. The molecule has 0 fully saturated rings. The molecule has 0 radical (unpaired) electrons. The molecule has 0 bridgehead atoms. The van der Waals surface area contributed by atoms with Crippen molar-refractivity contribution in [2.75, 3.05) is 6.54 Å². The number of rotatable bonds is 8. The van der Waals surface area contributed by atoms with E-state index in [1.807, 2.05) is 66.7 Å². The molecule has 2 N–H and O–H groups in total. The molecule has 0 saturated carbocycles. The van der Waals surface area contributed by atoms with Gasteiger partial charge in [0, 0.05) is 3.57 Å². The van der Waals surface area contributed by atoms with E-state index in [2.05, 4.69) is 38.4 Å². The number of hydrogen-bond donors (Lipinski definition) is 2. The van der Waals surface area contributed by atoms with Gasteiger partial charge in [-0.15, -0.1) is 0 Å². The first kappa shape index (κ1) is 21.5. The van der Waals surface area contributed by atoms with Crippen molar-refractivity contribution in [3.63, 3.8) is 0 Å². The van der Waals surface area contributed by atoms with Crippen molar-refractivity contribution >= 4 is 40.6 Å². The van der Waals surface area contributed by atoms with Gasteiger partial charge in [-0.25, -0.2) is 5.43 Å². The van der Waals surface area contributed by atoms with Crippen molar-refractivity contribution in [1.82, 2.24) is 10.7 Å². The molecular weight excluding hydrogens is 493 g/mol. The standard InChI is InChI=1S/C23H20IN3O3/c24-21-12-5-4-11-20(21)23(29)25-15-22(28)27-26-14-18-9-6-10-19(13-18)30-16-17-7-2-1-3-8-17/h1-14H,15-16H2,(H,25,29)(H,27,28)/b26-14+. The maximum atomic E-state index is 12.1. The molecule has 152 valence electrons. The van der Waals surface area contributed by atoms with Crippen LogP contribution in [0.5, 0.6) is 5.75 Å². The zero-order valence-corrected chi connectivity index (χ0v) is 18.2. The number of hydrogen-bond acceptors (Lipinski definition) is 4. The molecule has 0 saturated heterocycles. The van der Waals surface area contributed by atoms with Crippen molar-refractivity contribution < 1.29 is 14.3 Å². The highest BCUT2D eigenvalue weighted by molar-refractivity contribution is 14.1. The fraction of sp³-hybridized carbons (Fsp3) is 0.0870. The largest absolute Gasteiger partial charge is 0.489 e. The van der Waals surface area contributed by atoms with Crippen LogP contribution >= 0.6 is 22.6 Å². The second kappa shape index (κ2) is 11.1. The third-order valence-electron chi connectivity index (χ3n) is 4.04. The monoisotopic (exact) mass is 513 g/mol. The first-order valence-electron chi connectivity index (χ1n) is 9.23. The maximum Gasteiger partial charge on any atom is 0.259 e. The number of benzene rings is 3. The van der Waals surface area contributed by atoms with E-state index in [1.165, 1.54) is 6.21 Å². The lowest BCUT2D eigenvalue weighted by Gasteiger charge is -2.07. The highest BCUT2D eigenvalue weighted by Gasteiger charge is 2.10. The Morgan fingerprint density at radius 3 is 2.53 bits per heavy atom. The number of halogens is 1. The summed E-state index contributed by atoms with van der Waals surface area (Å²) >= 11 is 2.08. The summed E-state index contributed by atoms with van der Waals surface area (Å²) in [5, 5.41) is 6.52. The summed E-state index contributed by atoms with van der Waals surface area (Å²) < 4.78 is 6.60. The molecule has 3 rings (SSSR count). The summed E-state index contributed by atoms with van der Waals surface area (Å²) in [5.74, 6) is -0.0109. The molecule has 0 aliphatic heterocycles. The average molecular weight is 513 g/mol. The molecule has 3 aromatic carbocycles. The zero-order valence-electron chi connectivity index (χ0n) is 16.0. The average Bonchev–Trinajstić information content (AvgIpc) is 2.77. The third kappa shape index (κ3) is 6.70. The van der Waals surface area contributed by atoms with Gasteiger partial charge in [0.25, 0.3) is 11.8 Å². The summed E-state index contributed by atoms with van der Waals surface area (Å²) in [4.78, 5) is 24.0. The van der Waals surface area contributed by atoms with Crippen LogP contribution in [-0.4, -0.2) is 24.6 Å². The summed E-state index contributed by atoms with van der Waals surface area (Å²) in [6, 6.07) is 24.4. The van der Waals surface area contributed by atoms with Crippen LogP contribution in [0.2, 0.25) is 0 Å². The van der Waals surface area contributed by atoms with Gasteiger partial charge in [-0.2, -0.15) is 5.10 Å². The lowest BCUT2D eigenvalue weighted by Crippen LogP contribution is -2.35. The molecule has 0 aliphatic carbocycles. The van der Waals surface area contributed by atoms with Gasteiger partial charge in [0.15, 0.2) is 0 Å². The van der Waals surface area contributed by atoms with Gasteiger partial charge in [-0.1, -0.05) is 54.6 Å². The van der Waals surface area contributed by atoms with Crippen molar-refractivity contribution in [3.8, 4) is 5.75 Å². The molecular formula is C23H20IN3O3. The van der Waals surface area contributed by atoms with Gasteiger partial charge in [0.2, 0.25) is 0 Å². The lowest BCUT2D eigenvalue weighted by atomic mass is 10.2. The Morgan fingerprint density at radius 1 is 0.967 bits per heavy atom. The van der Waals surface area contributed by atoms with Crippen LogP contribution in [0.3, 0.4) is 0 Å². The second-order valence-electron chi connectivity index (χ2n) is 6.30. The van der Waals surface area contributed by atoms with Crippen LogP contribution in [0.4, 0.5) is 0 Å². The van der Waals surface area contributed by atoms with Crippen molar-refractivity contribution in [2.45, 2.75) is 6.61 Å². The van der Waals surface area contributed by atoms with E-state index in [-0.39, 0.29) is 12.5 Å². The minimum Gasteiger partial charge on any atom is -0.489 e. The molecule has 30 heavy (non-hydrogen) atoms. The van der Waals surface area contributed by atoms with Crippen LogP contribution in [0.15, 0.2) is 84.0 Å². The highest BCUT2D eigenvalue weighted by atomic mass is 127. The van der Waals surface area contributed by atoms with E-state index in [0.717, 1.165) is 14.7 Å². The molecule has 0 heterocycles. The van der Waals surface area contributed by atoms with E-state index in [9.17, 15) is 9.59 Å². The predicted molar refractivity (Wildman–Crippen MR) is 124 cm³/mol. The van der Waals surface area contributed by atoms with Gasteiger partial charge in [-0.3, -0.25) is 9.59 Å². The fourth-order valence-electron chi connectivity index (χ4n) is 2.55. The number of hydrazone groups is 1. The van der Waals surface area contributed by atoms with E-state index in [1.54, 1.807) is 12.1 Å². The number of carbonyl (C=O) groups excluding carboxylic acids is 2. The summed E-state index contributed by atoms with van der Waals surface area (Å²) in [6.45, 7) is 0.305. The minimum absolute atomic E-state index is 0.165.